The van der Waals surface area contributed by atoms with Crippen molar-refractivity contribution < 1.29 is 9.59 Å². The lowest BCUT2D eigenvalue weighted by Gasteiger charge is -2.48. The molecule has 20 heavy (non-hydrogen) atoms. The summed E-state index contributed by atoms with van der Waals surface area (Å²) in [6.45, 7) is 7.29. The summed E-state index contributed by atoms with van der Waals surface area (Å²) in [4.78, 5) is 29.5. The van der Waals surface area contributed by atoms with Crippen molar-refractivity contribution in [3.8, 4) is 0 Å². The Bertz CT molecular complexity index is 432. The molecule has 4 heteroatoms. The van der Waals surface area contributed by atoms with E-state index < -0.39 is 0 Å². The Morgan fingerprint density at radius 1 is 1.15 bits per heavy atom. The normalized spacial score (nSPS) is 36.6. The second-order valence-corrected chi connectivity index (χ2v) is 7.26. The minimum atomic E-state index is -0.223. The second kappa shape index (κ2) is 4.74. The number of fused-ring (bicyclic) bond motifs is 1. The van der Waals surface area contributed by atoms with Gasteiger partial charge in [-0.2, -0.15) is 0 Å². The van der Waals surface area contributed by atoms with Gasteiger partial charge in [-0.15, -0.1) is 0 Å². The van der Waals surface area contributed by atoms with Crippen LogP contribution in [0.4, 0.5) is 0 Å². The molecule has 0 radical (unpaired) electrons. The molecular weight excluding hydrogens is 252 g/mol. The molecule has 1 aliphatic carbocycles. The molecule has 2 amide bonds. The van der Waals surface area contributed by atoms with Crippen molar-refractivity contribution in [3.05, 3.63) is 0 Å². The quantitative estimate of drug-likeness (QED) is 0.777. The Labute approximate surface area is 121 Å². The van der Waals surface area contributed by atoms with Crippen LogP contribution >= 0.6 is 0 Å². The first-order valence-electron chi connectivity index (χ1n) is 8.10. The Kier molecular flexibility index (Phi) is 3.30. The highest BCUT2D eigenvalue weighted by atomic mass is 16.2. The van der Waals surface area contributed by atoms with Crippen molar-refractivity contribution >= 4 is 11.8 Å². The monoisotopic (exact) mass is 278 g/mol. The number of piperazine rings is 1. The van der Waals surface area contributed by atoms with Gasteiger partial charge in [-0.05, 0) is 37.5 Å². The van der Waals surface area contributed by atoms with Gasteiger partial charge < -0.3 is 9.80 Å². The molecule has 1 saturated carbocycles. The molecule has 2 heterocycles. The molecule has 0 N–H and O–H groups in total. The summed E-state index contributed by atoms with van der Waals surface area (Å²) in [5.74, 6) is 0.409. The van der Waals surface area contributed by atoms with Crippen molar-refractivity contribution in [3.63, 3.8) is 0 Å². The molecule has 112 valence electrons. The summed E-state index contributed by atoms with van der Waals surface area (Å²) in [5, 5.41) is 0. The third-order valence-corrected chi connectivity index (χ3v) is 5.62. The number of rotatable bonds is 2. The highest BCUT2D eigenvalue weighted by Gasteiger charge is 2.52. The lowest BCUT2D eigenvalue weighted by atomic mass is 9.84. The molecule has 0 aromatic rings. The SMILES string of the molecule is CCC1C(=O)N2CCCC2C(=O)N1C1CCCC1(C)C. The summed E-state index contributed by atoms with van der Waals surface area (Å²) >= 11 is 0. The summed E-state index contributed by atoms with van der Waals surface area (Å²) in [5.41, 5.74) is 0.143. The van der Waals surface area contributed by atoms with Gasteiger partial charge in [0, 0.05) is 12.6 Å². The van der Waals surface area contributed by atoms with Gasteiger partial charge >= 0.3 is 0 Å². The Morgan fingerprint density at radius 2 is 1.90 bits per heavy atom. The van der Waals surface area contributed by atoms with Gasteiger partial charge in [0.1, 0.15) is 12.1 Å². The Hall–Kier alpha value is -1.06. The predicted molar refractivity (Wildman–Crippen MR) is 77.1 cm³/mol. The fraction of sp³-hybridized carbons (Fsp3) is 0.875. The maximum absolute atomic E-state index is 12.9. The highest BCUT2D eigenvalue weighted by Crippen LogP contribution is 2.43. The Balaban J connectivity index is 1.95. The van der Waals surface area contributed by atoms with Crippen LogP contribution in [0.3, 0.4) is 0 Å². The van der Waals surface area contributed by atoms with E-state index in [2.05, 4.69) is 13.8 Å². The van der Waals surface area contributed by atoms with Gasteiger partial charge in [0.25, 0.3) is 0 Å². The molecule has 4 nitrogen and oxygen atoms in total. The minimum Gasteiger partial charge on any atom is -0.329 e. The van der Waals surface area contributed by atoms with E-state index in [0.29, 0.717) is 0 Å². The lowest BCUT2D eigenvalue weighted by molar-refractivity contribution is -0.164. The molecule has 3 unspecified atom stereocenters. The van der Waals surface area contributed by atoms with Crippen molar-refractivity contribution in [1.29, 1.82) is 0 Å². The minimum absolute atomic E-state index is 0.143. The van der Waals surface area contributed by atoms with Gasteiger partial charge in [0.2, 0.25) is 11.8 Å². The molecule has 3 atom stereocenters. The molecule has 0 aromatic carbocycles. The van der Waals surface area contributed by atoms with Crippen LogP contribution < -0.4 is 0 Å². The van der Waals surface area contributed by atoms with Crippen LogP contribution in [0.1, 0.15) is 59.3 Å². The van der Waals surface area contributed by atoms with Crippen LogP contribution in [0.25, 0.3) is 0 Å². The zero-order chi connectivity index (χ0) is 14.5. The number of carbonyl (C=O) groups excluding carboxylic acids is 2. The molecule has 3 aliphatic rings. The molecule has 0 aromatic heterocycles. The van der Waals surface area contributed by atoms with Crippen LogP contribution in [-0.4, -0.2) is 46.3 Å². The van der Waals surface area contributed by atoms with E-state index in [1.807, 2.05) is 16.7 Å². The summed E-state index contributed by atoms with van der Waals surface area (Å²) in [6.07, 6.45) is 5.93. The first-order chi connectivity index (χ1) is 9.47. The molecule has 3 rings (SSSR count). The largest absolute Gasteiger partial charge is 0.329 e. The molecule has 0 bridgehead atoms. The molecule has 2 saturated heterocycles. The summed E-state index contributed by atoms with van der Waals surface area (Å²) in [6, 6.07) is -0.146. The van der Waals surface area contributed by atoms with E-state index in [-0.39, 0.29) is 35.4 Å². The predicted octanol–water partition coefficient (Wildman–Crippen LogP) is 2.18. The van der Waals surface area contributed by atoms with Gasteiger partial charge in [0.15, 0.2) is 0 Å². The van der Waals surface area contributed by atoms with Crippen LogP contribution in [-0.2, 0) is 9.59 Å². The molecule has 0 spiro atoms. The fourth-order valence-electron chi connectivity index (χ4n) is 4.49. The van der Waals surface area contributed by atoms with Crippen LogP contribution in [0.2, 0.25) is 0 Å². The topological polar surface area (TPSA) is 40.6 Å². The van der Waals surface area contributed by atoms with Crippen molar-refractivity contribution in [2.45, 2.75) is 77.4 Å². The van der Waals surface area contributed by atoms with Gasteiger partial charge in [-0.25, -0.2) is 0 Å². The van der Waals surface area contributed by atoms with Crippen LogP contribution in [0.5, 0.6) is 0 Å². The summed E-state index contributed by atoms with van der Waals surface area (Å²) < 4.78 is 0. The third kappa shape index (κ3) is 1.87. The number of nitrogens with zero attached hydrogens (tertiary/aromatic N) is 2. The van der Waals surface area contributed by atoms with Gasteiger partial charge in [0.05, 0.1) is 0 Å². The lowest BCUT2D eigenvalue weighted by Crippen LogP contribution is -2.66. The van der Waals surface area contributed by atoms with E-state index in [1.165, 1.54) is 6.42 Å². The third-order valence-electron chi connectivity index (χ3n) is 5.62. The smallest absolute Gasteiger partial charge is 0.246 e. The first kappa shape index (κ1) is 13.9. The average Bonchev–Trinajstić information content (AvgIpc) is 3.00. The maximum Gasteiger partial charge on any atom is 0.246 e. The Morgan fingerprint density at radius 3 is 2.50 bits per heavy atom. The van der Waals surface area contributed by atoms with Gasteiger partial charge in [-0.3, -0.25) is 9.59 Å². The average molecular weight is 278 g/mol. The van der Waals surface area contributed by atoms with E-state index >= 15 is 0 Å². The molecule has 3 fully saturated rings. The van der Waals surface area contributed by atoms with Crippen LogP contribution in [0.15, 0.2) is 0 Å². The maximum atomic E-state index is 12.9. The van der Waals surface area contributed by atoms with Crippen molar-refractivity contribution in [2.24, 2.45) is 5.41 Å². The van der Waals surface area contributed by atoms with Crippen LogP contribution in [0, 0.1) is 5.41 Å². The van der Waals surface area contributed by atoms with E-state index in [4.69, 9.17) is 0 Å². The summed E-state index contributed by atoms with van der Waals surface area (Å²) in [7, 11) is 0. The zero-order valence-electron chi connectivity index (χ0n) is 12.9. The van der Waals surface area contributed by atoms with Crippen molar-refractivity contribution in [1.82, 2.24) is 9.80 Å². The fourth-order valence-corrected chi connectivity index (χ4v) is 4.49. The number of carbonyl (C=O) groups is 2. The van der Waals surface area contributed by atoms with E-state index in [9.17, 15) is 9.59 Å². The van der Waals surface area contributed by atoms with E-state index in [1.54, 1.807) is 0 Å². The standard InChI is InChI=1S/C16H26N2O2/c1-4-11-14(19)17-10-6-7-12(17)15(20)18(11)13-8-5-9-16(13,2)3/h11-13H,4-10H2,1-3H3. The zero-order valence-corrected chi connectivity index (χ0v) is 12.9. The number of amides is 2. The van der Waals surface area contributed by atoms with E-state index in [0.717, 1.165) is 38.6 Å². The first-order valence-corrected chi connectivity index (χ1v) is 8.10. The van der Waals surface area contributed by atoms with Crippen molar-refractivity contribution in [2.75, 3.05) is 6.54 Å². The van der Waals surface area contributed by atoms with Gasteiger partial charge in [-0.1, -0.05) is 27.2 Å². The second-order valence-electron chi connectivity index (χ2n) is 7.26. The molecule has 2 aliphatic heterocycles. The highest BCUT2D eigenvalue weighted by molar-refractivity contribution is 5.97. The number of hydrogen-bond acceptors (Lipinski definition) is 2. The molecular formula is C16H26N2O2. The number of hydrogen-bond donors (Lipinski definition) is 0.